The van der Waals surface area contributed by atoms with Gasteiger partial charge in [0.2, 0.25) is 0 Å². The van der Waals surface area contributed by atoms with E-state index in [1.54, 1.807) is 6.07 Å². The van der Waals surface area contributed by atoms with Crippen LogP contribution in [0, 0.1) is 0 Å². The molecule has 4 heteroatoms. The Balaban J connectivity index is 0.00000128. The lowest BCUT2D eigenvalue weighted by molar-refractivity contribution is 0.203. The van der Waals surface area contributed by atoms with E-state index in [4.69, 9.17) is 4.74 Å². The van der Waals surface area contributed by atoms with Gasteiger partial charge in [-0.15, -0.1) is 0 Å². The predicted molar refractivity (Wildman–Crippen MR) is 69.0 cm³/mol. The molecule has 0 unspecified atom stereocenters. The van der Waals surface area contributed by atoms with E-state index in [-0.39, 0.29) is 17.4 Å². The lowest BCUT2D eigenvalue weighted by Crippen LogP contribution is -2.22. The van der Waals surface area contributed by atoms with E-state index in [0.29, 0.717) is 5.75 Å². The van der Waals surface area contributed by atoms with Crippen molar-refractivity contribution in [1.29, 1.82) is 0 Å². The molecule has 0 saturated heterocycles. The lowest BCUT2D eigenvalue weighted by Gasteiger charge is -2.06. The van der Waals surface area contributed by atoms with Crippen molar-refractivity contribution < 1.29 is 9.53 Å². The second kappa shape index (κ2) is 5.55. The summed E-state index contributed by atoms with van der Waals surface area (Å²) in [7, 11) is 1.54. The zero-order valence-electron chi connectivity index (χ0n) is 8.36. The second-order valence-corrected chi connectivity index (χ2v) is 3.12. The molecule has 1 amide bonds. The highest BCUT2D eigenvalue weighted by atomic mass is 27.0. The molecule has 0 radical (unpaired) electrons. The van der Waals surface area contributed by atoms with Gasteiger partial charge in [-0.1, -0.05) is 36.4 Å². The molecule has 0 fully saturated rings. The molecule has 0 aliphatic rings. The number of nitrogens with one attached hydrogen (secondary N) is 1. The van der Waals surface area contributed by atoms with Crippen LogP contribution in [0.15, 0.2) is 42.5 Å². The minimum absolute atomic E-state index is 0. The summed E-state index contributed by atoms with van der Waals surface area (Å²) in [6, 6.07) is 13.4. The molecular weight excluding hydrogens is 217 g/mol. The number of hydrogen-bond acceptors (Lipinski definition) is 2. The van der Waals surface area contributed by atoms with Crippen molar-refractivity contribution in [1.82, 2.24) is 5.32 Å². The maximum absolute atomic E-state index is 11.1. The third-order valence-corrected chi connectivity index (χ3v) is 2.16. The van der Waals surface area contributed by atoms with Gasteiger partial charge >= 0.3 is 6.09 Å². The van der Waals surface area contributed by atoms with E-state index in [0.717, 1.165) is 10.8 Å². The van der Waals surface area contributed by atoms with Crippen LogP contribution in [0.5, 0.6) is 5.75 Å². The maximum atomic E-state index is 11.1. The number of carbonyl (C=O) groups is 1. The van der Waals surface area contributed by atoms with E-state index >= 15 is 0 Å². The van der Waals surface area contributed by atoms with E-state index in [1.807, 2.05) is 36.4 Å². The molecule has 2 aromatic rings. The van der Waals surface area contributed by atoms with Gasteiger partial charge in [0.05, 0.1) is 0 Å². The zero-order valence-corrected chi connectivity index (χ0v) is 8.36. The lowest BCUT2D eigenvalue weighted by atomic mass is 10.1. The van der Waals surface area contributed by atoms with Crippen molar-refractivity contribution in [2.24, 2.45) is 0 Å². The fraction of sp³-hybridized carbons (Fsp3) is 0.0833. The third-order valence-electron chi connectivity index (χ3n) is 2.16. The molecule has 0 spiro atoms. The molecule has 3 nitrogen and oxygen atoms in total. The van der Waals surface area contributed by atoms with Gasteiger partial charge in [-0.25, -0.2) is 4.79 Å². The largest absolute Gasteiger partial charge is 0.412 e. The van der Waals surface area contributed by atoms with Crippen LogP contribution in [0.3, 0.4) is 0 Å². The Morgan fingerprint density at radius 1 is 1.12 bits per heavy atom. The average molecular weight is 231 g/mol. The number of carbonyl (C=O) groups excluding carboxylic acids is 1. The molecule has 1 N–H and O–H groups in total. The fourth-order valence-corrected chi connectivity index (χ4v) is 1.44. The number of rotatable bonds is 1. The first-order chi connectivity index (χ1) is 7.31. The van der Waals surface area contributed by atoms with Crippen LogP contribution in [0.4, 0.5) is 4.79 Å². The van der Waals surface area contributed by atoms with Crippen LogP contribution in [0.1, 0.15) is 0 Å². The van der Waals surface area contributed by atoms with Crippen LogP contribution >= 0.6 is 0 Å². The van der Waals surface area contributed by atoms with Crippen LogP contribution in [0.2, 0.25) is 0 Å². The van der Waals surface area contributed by atoms with Gasteiger partial charge in [0.25, 0.3) is 0 Å². The molecule has 16 heavy (non-hydrogen) atoms. The quantitative estimate of drug-likeness (QED) is 0.753. The van der Waals surface area contributed by atoms with Crippen molar-refractivity contribution in [3.8, 4) is 5.75 Å². The SMILES string of the molecule is CNC(=O)Oc1cccc2ccccc12.[AlH3]. The fourth-order valence-electron chi connectivity index (χ4n) is 1.44. The zero-order chi connectivity index (χ0) is 10.7. The second-order valence-electron chi connectivity index (χ2n) is 3.12. The minimum atomic E-state index is -0.452. The monoisotopic (exact) mass is 231 g/mol. The normalized spacial score (nSPS) is 9.31. The molecule has 0 saturated carbocycles. The van der Waals surface area contributed by atoms with E-state index in [9.17, 15) is 4.79 Å². The molecule has 0 atom stereocenters. The van der Waals surface area contributed by atoms with Gasteiger partial charge in [0.1, 0.15) is 5.75 Å². The molecular formula is C12H14AlNO2. The number of hydrogen-bond donors (Lipinski definition) is 1. The number of benzene rings is 2. The average Bonchev–Trinajstić information content (AvgIpc) is 2.29. The van der Waals surface area contributed by atoms with Crippen LogP contribution in [-0.2, 0) is 0 Å². The Labute approximate surface area is 105 Å². The summed E-state index contributed by atoms with van der Waals surface area (Å²) in [5.74, 6) is 0.576. The highest BCUT2D eigenvalue weighted by molar-refractivity contribution is 5.90. The van der Waals surface area contributed by atoms with Crippen LogP contribution < -0.4 is 10.1 Å². The number of ether oxygens (including phenoxy) is 1. The van der Waals surface area contributed by atoms with E-state index in [1.165, 1.54) is 7.05 Å². The van der Waals surface area contributed by atoms with Gasteiger partial charge in [-0.3, -0.25) is 0 Å². The summed E-state index contributed by atoms with van der Waals surface area (Å²) in [6.07, 6.45) is -0.452. The Morgan fingerprint density at radius 3 is 2.56 bits per heavy atom. The van der Waals surface area contributed by atoms with Crippen molar-refractivity contribution in [3.63, 3.8) is 0 Å². The summed E-state index contributed by atoms with van der Waals surface area (Å²) in [5, 5.41) is 4.41. The van der Waals surface area contributed by atoms with Crippen molar-refractivity contribution in [2.75, 3.05) is 7.05 Å². The molecule has 0 heterocycles. The van der Waals surface area contributed by atoms with Crippen molar-refractivity contribution >= 4 is 34.2 Å². The molecule has 82 valence electrons. The number of fused-ring (bicyclic) bond motifs is 1. The molecule has 2 rings (SSSR count). The Kier molecular flexibility index (Phi) is 4.36. The molecule has 0 bridgehead atoms. The van der Waals surface area contributed by atoms with Gasteiger partial charge < -0.3 is 10.1 Å². The Bertz CT molecular complexity index is 494. The van der Waals surface area contributed by atoms with Crippen molar-refractivity contribution in [3.05, 3.63) is 42.5 Å². The molecule has 2 aromatic carbocycles. The summed E-state index contributed by atoms with van der Waals surface area (Å²) in [4.78, 5) is 11.1. The van der Waals surface area contributed by atoms with Gasteiger partial charge in [-0.05, 0) is 11.5 Å². The Morgan fingerprint density at radius 2 is 1.81 bits per heavy atom. The van der Waals surface area contributed by atoms with E-state index in [2.05, 4.69) is 5.32 Å². The summed E-state index contributed by atoms with van der Waals surface area (Å²) in [6.45, 7) is 0. The first-order valence-corrected chi connectivity index (χ1v) is 4.68. The predicted octanol–water partition coefficient (Wildman–Crippen LogP) is 1.37. The smallest absolute Gasteiger partial charge is 0.410 e. The number of amides is 1. The van der Waals surface area contributed by atoms with Gasteiger partial charge in [0.15, 0.2) is 17.4 Å². The summed E-state index contributed by atoms with van der Waals surface area (Å²) in [5.41, 5.74) is 0. The Hall–Kier alpha value is -1.50. The van der Waals surface area contributed by atoms with Gasteiger partial charge in [0, 0.05) is 12.4 Å². The standard InChI is InChI=1S/C12H11NO2.Al.3H/c1-13-12(14)15-11-8-4-6-9-5-2-3-7-10(9)11;;;;/h2-8H,1H3,(H,13,14);;;;. The minimum Gasteiger partial charge on any atom is -0.410 e. The third kappa shape index (κ3) is 2.54. The summed E-state index contributed by atoms with van der Waals surface area (Å²) >= 11 is 0. The summed E-state index contributed by atoms with van der Waals surface area (Å²) < 4.78 is 5.13. The molecule has 0 aliphatic carbocycles. The molecule has 0 aliphatic heterocycles. The highest BCUT2D eigenvalue weighted by Crippen LogP contribution is 2.24. The van der Waals surface area contributed by atoms with Gasteiger partial charge in [-0.2, -0.15) is 0 Å². The topological polar surface area (TPSA) is 38.3 Å². The van der Waals surface area contributed by atoms with E-state index < -0.39 is 6.09 Å². The first kappa shape index (κ1) is 12.6. The van der Waals surface area contributed by atoms with Crippen LogP contribution in [0.25, 0.3) is 10.8 Å². The molecule has 0 aromatic heterocycles. The highest BCUT2D eigenvalue weighted by Gasteiger charge is 2.04. The first-order valence-electron chi connectivity index (χ1n) is 4.68. The van der Waals surface area contributed by atoms with Crippen molar-refractivity contribution in [2.45, 2.75) is 0 Å². The van der Waals surface area contributed by atoms with Crippen LogP contribution in [-0.4, -0.2) is 30.5 Å². The maximum Gasteiger partial charge on any atom is 0.412 e.